The molecule has 0 radical (unpaired) electrons. The molecular weight excluding hydrogens is 150 g/mol. The Bertz CT molecular complexity index is 225. The van der Waals surface area contributed by atoms with E-state index in [1.54, 1.807) is 0 Å². The van der Waals surface area contributed by atoms with E-state index in [1.807, 2.05) is 19.1 Å². The topological polar surface area (TPSA) is 39.2 Å². The van der Waals surface area contributed by atoms with Crippen LogP contribution in [0.15, 0.2) is 16.5 Å². The molecule has 2 nitrogen and oxygen atoms in total. The molecule has 1 fully saturated rings. The van der Waals surface area contributed by atoms with Crippen LogP contribution in [0.2, 0.25) is 0 Å². The lowest BCUT2D eigenvalue weighted by Crippen LogP contribution is -1.92. The fraction of sp³-hybridized carbons (Fsp3) is 0.600. The summed E-state index contributed by atoms with van der Waals surface area (Å²) >= 11 is 0. The van der Waals surface area contributed by atoms with Crippen LogP contribution in [0.25, 0.3) is 0 Å². The zero-order valence-electron chi connectivity index (χ0n) is 7.84. The molecule has 0 amide bonds. The molecule has 0 bridgehead atoms. The first-order chi connectivity index (χ1) is 5.72. The van der Waals surface area contributed by atoms with Crippen molar-refractivity contribution in [2.75, 3.05) is 0 Å². The summed E-state index contributed by atoms with van der Waals surface area (Å²) in [6.07, 6.45) is 2.97. The van der Waals surface area contributed by atoms with Crippen LogP contribution in [0, 0.1) is 12.8 Å². The van der Waals surface area contributed by atoms with E-state index >= 15 is 0 Å². The van der Waals surface area contributed by atoms with Crippen molar-refractivity contribution in [1.29, 1.82) is 0 Å². The quantitative estimate of drug-likeness (QED) is 0.697. The molecule has 0 atom stereocenters. The molecular formula is C10H17NO. The highest BCUT2D eigenvalue weighted by molar-refractivity contribution is 5.04. The van der Waals surface area contributed by atoms with Crippen molar-refractivity contribution in [3.05, 3.63) is 23.7 Å². The molecule has 1 aliphatic rings. The van der Waals surface area contributed by atoms with Crippen LogP contribution in [-0.2, 0) is 6.54 Å². The normalized spacial score (nSPS) is 15.2. The van der Waals surface area contributed by atoms with Crippen molar-refractivity contribution in [3.8, 4) is 0 Å². The van der Waals surface area contributed by atoms with Crippen molar-refractivity contribution in [3.63, 3.8) is 0 Å². The van der Waals surface area contributed by atoms with Crippen molar-refractivity contribution in [2.24, 2.45) is 11.7 Å². The second-order valence-corrected chi connectivity index (χ2v) is 3.40. The lowest BCUT2D eigenvalue weighted by molar-refractivity contribution is 0.485. The molecule has 2 heteroatoms. The second kappa shape index (κ2) is 4.31. The lowest BCUT2D eigenvalue weighted by atomic mass is 10.4. The third-order valence-electron chi connectivity index (χ3n) is 1.86. The SMILES string of the molecule is CC1CC1.Cc1ccc(CN)o1. The van der Waals surface area contributed by atoms with Crippen LogP contribution in [0.4, 0.5) is 0 Å². The van der Waals surface area contributed by atoms with Crippen LogP contribution >= 0.6 is 0 Å². The summed E-state index contributed by atoms with van der Waals surface area (Å²) in [6, 6.07) is 3.79. The molecule has 0 aliphatic heterocycles. The predicted octanol–water partition coefficient (Wildman–Crippen LogP) is 2.46. The Morgan fingerprint density at radius 1 is 1.50 bits per heavy atom. The van der Waals surface area contributed by atoms with Crippen LogP contribution in [-0.4, -0.2) is 0 Å². The summed E-state index contributed by atoms with van der Waals surface area (Å²) in [5, 5.41) is 0. The molecule has 0 spiro atoms. The van der Waals surface area contributed by atoms with Crippen LogP contribution in [0.1, 0.15) is 31.3 Å². The summed E-state index contributed by atoms with van der Waals surface area (Å²) in [7, 11) is 0. The van der Waals surface area contributed by atoms with Gasteiger partial charge in [0.15, 0.2) is 0 Å². The van der Waals surface area contributed by atoms with E-state index in [0.29, 0.717) is 6.54 Å². The average molecular weight is 167 g/mol. The van der Waals surface area contributed by atoms with E-state index in [4.69, 9.17) is 10.2 Å². The minimum Gasteiger partial charge on any atom is -0.465 e. The van der Waals surface area contributed by atoms with Gasteiger partial charge in [-0.3, -0.25) is 0 Å². The number of nitrogens with two attached hydrogens (primary N) is 1. The van der Waals surface area contributed by atoms with Gasteiger partial charge in [-0.1, -0.05) is 19.8 Å². The first-order valence-electron chi connectivity index (χ1n) is 4.47. The first-order valence-corrected chi connectivity index (χ1v) is 4.47. The van der Waals surface area contributed by atoms with Gasteiger partial charge in [-0.05, 0) is 25.0 Å². The molecule has 12 heavy (non-hydrogen) atoms. The molecule has 2 N–H and O–H groups in total. The fourth-order valence-corrected chi connectivity index (χ4v) is 0.761. The fourth-order valence-electron chi connectivity index (χ4n) is 0.761. The zero-order valence-corrected chi connectivity index (χ0v) is 7.84. The first kappa shape index (κ1) is 9.33. The van der Waals surface area contributed by atoms with Gasteiger partial charge in [0.1, 0.15) is 11.5 Å². The zero-order chi connectivity index (χ0) is 8.97. The molecule has 1 saturated carbocycles. The van der Waals surface area contributed by atoms with Crippen molar-refractivity contribution in [1.82, 2.24) is 0 Å². The van der Waals surface area contributed by atoms with Gasteiger partial charge in [-0.15, -0.1) is 0 Å². The number of rotatable bonds is 1. The molecule has 2 rings (SSSR count). The van der Waals surface area contributed by atoms with Crippen LogP contribution in [0.5, 0.6) is 0 Å². The van der Waals surface area contributed by atoms with Gasteiger partial charge in [0, 0.05) is 0 Å². The maximum absolute atomic E-state index is 5.27. The van der Waals surface area contributed by atoms with Crippen LogP contribution < -0.4 is 5.73 Å². The summed E-state index contributed by atoms with van der Waals surface area (Å²) in [6.45, 7) is 4.67. The molecule has 1 aromatic heterocycles. The maximum Gasteiger partial charge on any atom is 0.117 e. The number of furan rings is 1. The average Bonchev–Trinajstić information content (AvgIpc) is 2.70. The van der Waals surface area contributed by atoms with Crippen molar-refractivity contribution < 1.29 is 4.42 Å². The molecule has 68 valence electrons. The van der Waals surface area contributed by atoms with Gasteiger partial charge >= 0.3 is 0 Å². The van der Waals surface area contributed by atoms with E-state index in [0.717, 1.165) is 17.4 Å². The third-order valence-corrected chi connectivity index (χ3v) is 1.86. The van der Waals surface area contributed by atoms with E-state index in [9.17, 15) is 0 Å². The summed E-state index contributed by atoms with van der Waals surface area (Å²) in [5.41, 5.74) is 5.27. The van der Waals surface area contributed by atoms with Crippen molar-refractivity contribution in [2.45, 2.75) is 33.2 Å². The van der Waals surface area contributed by atoms with E-state index in [2.05, 4.69) is 6.92 Å². The number of hydrogen-bond acceptors (Lipinski definition) is 2. The molecule has 1 aromatic rings. The Kier molecular flexibility index (Phi) is 3.35. The lowest BCUT2D eigenvalue weighted by Gasteiger charge is -1.83. The van der Waals surface area contributed by atoms with Gasteiger partial charge in [0.05, 0.1) is 6.54 Å². The predicted molar refractivity (Wildman–Crippen MR) is 49.7 cm³/mol. The van der Waals surface area contributed by atoms with Gasteiger partial charge in [-0.2, -0.15) is 0 Å². The minimum absolute atomic E-state index is 0.494. The number of hydrogen-bond donors (Lipinski definition) is 1. The van der Waals surface area contributed by atoms with E-state index in [1.165, 1.54) is 12.8 Å². The maximum atomic E-state index is 5.27. The Hall–Kier alpha value is -0.760. The monoisotopic (exact) mass is 167 g/mol. The summed E-state index contributed by atoms with van der Waals surface area (Å²) in [4.78, 5) is 0. The molecule has 0 saturated heterocycles. The molecule has 0 aromatic carbocycles. The van der Waals surface area contributed by atoms with Crippen molar-refractivity contribution >= 4 is 0 Å². The van der Waals surface area contributed by atoms with Gasteiger partial charge < -0.3 is 10.2 Å². The van der Waals surface area contributed by atoms with Crippen LogP contribution in [0.3, 0.4) is 0 Å². The summed E-state index contributed by atoms with van der Waals surface area (Å²) < 4.78 is 5.11. The molecule has 1 aliphatic carbocycles. The Balaban J connectivity index is 0.000000150. The van der Waals surface area contributed by atoms with E-state index < -0.39 is 0 Å². The van der Waals surface area contributed by atoms with E-state index in [-0.39, 0.29) is 0 Å². The van der Waals surface area contributed by atoms with Gasteiger partial charge in [0.25, 0.3) is 0 Å². The Labute approximate surface area is 73.8 Å². The summed E-state index contributed by atoms with van der Waals surface area (Å²) in [5.74, 6) is 2.85. The van der Waals surface area contributed by atoms with Gasteiger partial charge in [0.2, 0.25) is 0 Å². The highest BCUT2D eigenvalue weighted by Crippen LogP contribution is 2.26. The standard InChI is InChI=1S/C6H9NO.C4H8/c1-5-2-3-6(4-7)8-5;1-4-2-3-4/h2-3H,4,7H2,1H3;4H,2-3H2,1H3. The second-order valence-electron chi connectivity index (χ2n) is 3.40. The highest BCUT2D eigenvalue weighted by atomic mass is 16.3. The third kappa shape index (κ3) is 3.58. The number of aryl methyl sites for hydroxylation is 1. The Morgan fingerprint density at radius 3 is 2.25 bits per heavy atom. The largest absolute Gasteiger partial charge is 0.465 e. The van der Waals surface area contributed by atoms with Gasteiger partial charge in [-0.25, -0.2) is 0 Å². The molecule has 1 heterocycles. The molecule has 0 unspecified atom stereocenters. The smallest absolute Gasteiger partial charge is 0.117 e. The minimum atomic E-state index is 0.494. The Morgan fingerprint density at radius 2 is 2.08 bits per heavy atom. The highest BCUT2D eigenvalue weighted by Gasteiger charge is 2.12.